The summed E-state index contributed by atoms with van der Waals surface area (Å²) in [5, 5.41) is 3.39. The molecule has 0 heterocycles. The van der Waals surface area contributed by atoms with Crippen molar-refractivity contribution in [2.75, 3.05) is 11.1 Å². The maximum absolute atomic E-state index is 5.72. The third-order valence-corrected chi connectivity index (χ3v) is 1.96. The summed E-state index contributed by atoms with van der Waals surface area (Å²) in [6.07, 6.45) is 1.04. The first-order valence-electron chi connectivity index (χ1n) is 4.78. The van der Waals surface area contributed by atoms with Gasteiger partial charge in [0.2, 0.25) is 0 Å². The number of aryl methyl sites for hydroxylation is 1. The number of hydrogen-bond acceptors (Lipinski definition) is 2. The molecule has 13 heavy (non-hydrogen) atoms. The Labute approximate surface area is 80.1 Å². The van der Waals surface area contributed by atoms with Crippen LogP contribution in [0.4, 0.5) is 11.4 Å². The van der Waals surface area contributed by atoms with Crippen LogP contribution in [-0.4, -0.2) is 6.04 Å². The van der Waals surface area contributed by atoms with Crippen molar-refractivity contribution in [3.63, 3.8) is 0 Å². The van der Waals surface area contributed by atoms with Gasteiger partial charge in [0.25, 0.3) is 0 Å². The second kappa shape index (κ2) is 4.17. The molecule has 0 unspecified atom stereocenters. The summed E-state index contributed by atoms with van der Waals surface area (Å²) in [6.45, 7) is 6.41. The molecule has 72 valence electrons. The molecule has 0 aliphatic heterocycles. The second-order valence-electron chi connectivity index (χ2n) is 3.57. The fourth-order valence-electron chi connectivity index (χ4n) is 1.35. The minimum absolute atomic E-state index is 0.451. The van der Waals surface area contributed by atoms with Crippen LogP contribution in [0.15, 0.2) is 18.2 Å². The molecule has 1 aromatic rings. The maximum atomic E-state index is 5.72. The lowest BCUT2D eigenvalue weighted by atomic mass is 10.1. The monoisotopic (exact) mass is 178 g/mol. The third kappa shape index (κ3) is 2.65. The summed E-state index contributed by atoms with van der Waals surface area (Å²) in [5.41, 5.74) is 9.02. The third-order valence-electron chi connectivity index (χ3n) is 1.96. The number of nitrogens with two attached hydrogens (primary N) is 1. The Balaban J connectivity index is 2.94. The van der Waals surface area contributed by atoms with E-state index in [-0.39, 0.29) is 0 Å². The number of nitrogens with one attached hydrogen (secondary N) is 1. The average molecular weight is 178 g/mol. The zero-order valence-corrected chi connectivity index (χ0v) is 8.59. The molecule has 0 aromatic heterocycles. The standard InChI is InChI=1S/C11H18N2/c1-4-9-5-6-10(12)7-11(9)13-8(2)3/h5-8,13H,4,12H2,1-3H3. The summed E-state index contributed by atoms with van der Waals surface area (Å²) in [5.74, 6) is 0. The van der Waals surface area contributed by atoms with Crippen LogP contribution in [0, 0.1) is 0 Å². The molecule has 0 saturated carbocycles. The van der Waals surface area contributed by atoms with Crippen molar-refractivity contribution in [1.82, 2.24) is 0 Å². The van der Waals surface area contributed by atoms with E-state index in [9.17, 15) is 0 Å². The van der Waals surface area contributed by atoms with Crippen molar-refractivity contribution in [3.05, 3.63) is 23.8 Å². The number of hydrogen-bond donors (Lipinski definition) is 2. The highest BCUT2D eigenvalue weighted by Crippen LogP contribution is 2.20. The van der Waals surface area contributed by atoms with Gasteiger partial charge in [-0.2, -0.15) is 0 Å². The van der Waals surface area contributed by atoms with Gasteiger partial charge < -0.3 is 11.1 Å². The molecule has 0 fully saturated rings. The summed E-state index contributed by atoms with van der Waals surface area (Å²) >= 11 is 0. The Kier molecular flexibility index (Phi) is 3.18. The highest BCUT2D eigenvalue weighted by Gasteiger charge is 2.01. The van der Waals surface area contributed by atoms with E-state index in [1.165, 1.54) is 5.56 Å². The molecule has 1 aromatic carbocycles. The zero-order chi connectivity index (χ0) is 9.84. The lowest BCUT2D eigenvalue weighted by molar-refractivity contribution is 0.894. The average Bonchev–Trinajstić information content (AvgIpc) is 2.03. The van der Waals surface area contributed by atoms with Crippen LogP contribution >= 0.6 is 0 Å². The van der Waals surface area contributed by atoms with E-state index in [2.05, 4.69) is 32.2 Å². The van der Waals surface area contributed by atoms with Crippen LogP contribution in [0.3, 0.4) is 0 Å². The first kappa shape index (κ1) is 9.90. The highest BCUT2D eigenvalue weighted by atomic mass is 14.9. The minimum atomic E-state index is 0.451. The molecular weight excluding hydrogens is 160 g/mol. The van der Waals surface area contributed by atoms with E-state index in [1.807, 2.05) is 12.1 Å². The van der Waals surface area contributed by atoms with E-state index >= 15 is 0 Å². The predicted octanol–water partition coefficient (Wildman–Crippen LogP) is 2.65. The molecule has 0 saturated heterocycles. The fourth-order valence-corrected chi connectivity index (χ4v) is 1.35. The Morgan fingerprint density at radius 1 is 1.38 bits per heavy atom. The quantitative estimate of drug-likeness (QED) is 0.698. The zero-order valence-electron chi connectivity index (χ0n) is 8.59. The molecule has 0 radical (unpaired) electrons. The first-order valence-corrected chi connectivity index (χ1v) is 4.78. The van der Waals surface area contributed by atoms with Gasteiger partial charge >= 0.3 is 0 Å². The van der Waals surface area contributed by atoms with Crippen molar-refractivity contribution in [3.8, 4) is 0 Å². The van der Waals surface area contributed by atoms with Gasteiger partial charge in [-0.1, -0.05) is 13.0 Å². The van der Waals surface area contributed by atoms with Crippen LogP contribution in [0.5, 0.6) is 0 Å². The van der Waals surface area contributed by atoms with Gasteiger partial charge in [-0.05, 0) is 38.0 Å². The van der Waals surface area contributed by atoms with E-state index in [4.69, 9.17) is 5.73 Å². The molecule has 0 aliphatic carbocycles. The van der Waals surface area contributed by atoms with E-state index in [1.54, 1.807) is 0 Å². The molecule has 2 heteroatoms. The van der Waals surface area contributed by atoms with Gasteiger partial charge in [-0.25, -0.2) is 0 Å². The van der Waals surface area contributed by atoms with Gasteiger partial charge in [-0.3, -0.25) is 0 Å². The van der Waals surface area contributed by atoms with Crippen molar-refractivity contribution < 1.29 is 0 Å². The highest BCUT2D eigenvalue weighted by molar-refractivity contribution is 5.59. The SMILES string of the molecule is CCc1ccc(N)cc1NC(C)C. The first-order chi connectivity index (χ1) is 6.13. The lowest BCUT2D eigenvalue weighted by Crippen LogP contribution is -2.11. The van der Waals surface area contributed by atoms with E-state index < -0.39 is 0 Å². The van der Waals surface area contributed by atoms with Gasteiger partial charge in [-0.15, -0.1) is 0 Å². The van der Waals surface area contributed by atoms with Crippen molar-refractivity contribution in [2.45, 2.75) is 33.2 Å². The molecule has 1 rings (SSSR count). The molecule has 3 N–H and O–H groups in total. The Bertz CT molecular complexity index is 279. The molecule has 0 aliphatic rings. The summed E-state index contributed by atoms with van der Waals surface area (Å²) in [7, 11) is 0. The van der Waals surface area contributed by atoms with E-state index in [0.29, 0.717) is 6.04 Å². The molecule has 0 atom stereocenters. The van der Waals surface area contributed by atoms with Crippen molar-refractivity contribution in [2.24, 2.45) is 0 Å². The van der Waals surface area contributed by atoms with Crippen LogP contribution < -0.4 is 11.1 Å². The van der Waals surface area contributed by atoms with Gasteiger partial charge in [0.05, 0.1) is 0 Å². The second-order valence-corrected chi connectivity index (χ2v) is 3.57. The molecular formula is C11H18N2. The van der Waals surface area contributed by atoms with Crippen LogP contribution in [0.25, 0.3) is 0 Å². The number of rotatable bonds is 3. The van der Waals surface area contributed by atoms with Crippen LogP contribution in [-0.2, 0) is 6.42 Å². The summed E-state index contributed by atoms with van der Waals surface area (Å²) in [6, 6.07) is 6.48. The number of benzene rings is 1. The summed E-state index contributed by atoms with van der Waals surface area (Å²) in [4.78, 5) is 0. The van der Waals surface area contributed by atoms with Crippen LogP contribution in [0.1, 0.15) is 26.3 Å². The van der Waals surface area contributed by atoms with Gasteiger partial charge in [0.1, 0.15) is 0 Å². The summed E-state index contributed by atoms with van der Waals surface area (Å²) < 4.78 is 0. The van der Waals surface area contributed by atoms with Crippen molar-refractivity contribution in [1.29, 1.82) is 0 Å². The fraction of sp³-hybridized carbons (Fsp3) is 0.455. The molecule has 0 spiro atoms. The van der Waals surface area contributed by atoms with Crippen LogP contribution in [0.2, 0.25) is 0 Å². The molecule has 0 amide bonds. The number of anilines is 2. The maximum Gasteiger partial charge on any atom is 0.0395 e. The normalized spacial score (nSPS) is 10.5. The Hall–Kier alpha value is -1.18. The Morgan fingerprint density at radius 3 is 2.62 bits per heavy atom. The minimum Gasteiger partial charge on any atom is -0.399 e. The smallest absolute Gasteiger partial charge is 0.0395 e. The number of nitrogen functional groups attached to an aromatic ring is 1. The lowest BCUT2D eigenvalue weighted by Gasteiger charge is -2.14. The Morgan fingerprint density at radius 2 is 2.08 bits per heavy atom. The van der Waals surface area contributed by atoms with Gasteiger partial charge in [0.15, 0.2) is 0 Å². The molecule has 2 nitrogen and oxygen atoms in total. The van der Waals surface area contributed by atoms with Crippen molar-refractivity contribution >= 4 is 11.4 Å². The predicted molar refractivity (Wildman–Crippen MR) is 59.0 cm³/mol. The topological polar surface area (TPSA) is 38.0 Å². The van der Waals surface area contributed by atoms with E-state index in [0.717, 1.165) is 17.8 Å². The van der Waals surface area contributed by atoms with Gasteiger partial charge in [0, 0.05) is 17.4 Å². The molecule has 0 bridgehead atoms. The largest absolute Gasteiger partial charge is 0.399 e.